The summed E-state index contributed by atoms with van der Waals surface area (Å²) in [4.78, 5) is 12.4. The van der Waals surface area contributed by atoms with Crippen molar-refractivity contribution in [1.29, 1.82) is 0 Å². The van der Waals surface area contributed by atoms with Crippen LogP contribution in [0, 0.1) is 46.3 Å². The molecule has 3 fully saturated rings. The predicted octanol–water partition coefficient (Wildman–Crippen LogP) is 7.62. The second-order valence-electron chi connectivity index (χ2n) is 15.5. The van der Waals surface area contributed by atoms with Gasteiger partial charge >= 0.3 is 6.16 Å². The fraction of sp³-hybridized carbons (Fsp3) is 0.912. The number of ether oxygens (including phenoxy) is 2. The number of hydrogen-bond donors (Lipinski definition) is 1. The summed E-state index contributed by atoms with van der Waals surface area (Å²) in [6.45, 7) is 14.3. The van der Waals surface area contributed by atoms with Crippen LogP contribution < -0.4 is 0 Å². The highest BCUT2D eigenvalue weighted by molar-refractivity contribution is 5.60. The third-order valence-corrected chi connectivity index (χ3v) is 12.1. The molecular weight excluding hydrogens is 486 g/mol. The van der Waals surface area contributed by atoms with Crippen LogP contribution in [0.1, 0.15) is 105 Å². The van der Waals surface area contributed by atoms with Crippen molar-refractivity contribution >= 4 is 6.16 Å². The molecule has 0 aromatic carbocycles. The van der Waals surface area contributed by atoms with Gasteiger partial charge in [-0.2, -0.15) is 0 Å². The molecule has 3 saturated carbocycles. The van der Waals surface area contributed by atoms with Gasteiger partial charge in [0, 0.05) is 6.42 Å². The molecule has 5 heteroatoms. The summed E-state index contributed by atoms with van der Waals surface area (Å²) in [5.74, 6) is 5.06. The van der Waals surface area contributed by atoms with Crippen molar-refractivity contribution in [3.63, 3.8) is 0 Å². The molecule has 0 aromatic heterocycles. The maximum atomic E-state index is 12.4. The molecule has 4 rings (SSSR count). The molecule has 1 N–H and O–H groups in total. The maximum Gasteiger partial charge on any atom is 0.508 e. The van der Waals surface area contributed by atoms with Gasteiger partial charge in [0.15, 0.2) is 0 Å². The van der Waals surface area contributed by atoms with E-state index in [-0.39, 0.29) is 18.1 Å². The van der Waals surface area contributed by atoms with Crippen LogP contribution in [-0.4, -0.2) is 62.2 Å². The first-order chi connectivity index (χ1) is 18.4. The Labute approximate surface area is 239 Å². The zero-order valence-corrected chi connectivity index (χ0v) is 26.3. The minimum absolute atomic E-state index is 0.0651. The van der Waals surface area contributed by atoms with Gasteiger partial charge in [0.25, 0.3) is 0 Å². The van der Waals surface area contributed by atoms with Crippen molar-refractivity contribution in [3.8, 4) is 0 Å². The molecule has 0 spiro atoms. The minimum Gasteiger partial charge on any atom is -0.431 e. The van der Waals surface area contributed by atoms with E-state index in [0.29, 0.717) is 29.6 Å². The second kappa shape index (κ2) is 12.4. The average molecular weight is 547 g/mol. The van der Waals surface area contributed by atoms with Gasteiger partial charge in [-0.1, -0.05) is 65.5 Å². The minimum atomic E-state index is -0.533. The largest absolute Gasteiger partial charge is 0.508 e. The fourth-order valence-electron chi connectivity index (χ4n) is 9.68. The number of rotatable bonds is 11. The molecule has 0 amide bonds. The Morgan fingerprint density at radius 3 is 2.54 bits per heavy atom. The van der Waals surface area contributed by atoms with E-state index in [4.69, 9.17) is 9.47 Å². The van der Waals surface area contributed by atoms with E-state index in [9.17, 15) is 9.90 Å². The first kappa shape index (κ1) is 30.9. The van der Waals surface area contributed by atoms with Crippen LogP contribution >= 0.6 is 0 Å². The highest BCUT2D eigenvalue weighted by Gasteiger charge is 2.59. The predicted molar refractivity (Wildman–Crippen MR) is 158 cm³/mol. The molecule has 5 nitrogen and oxygen atoms in total. The number of quaternary nitrogens is 1. The standard InChI is InChI=1S/C34H60NO4/c1-24(2)9-8-10-25(3)29-13-14-30-28-12-11-26-23-27(39-32(37)38-22-20-35(6,7)19-21-36)15-17-33(26,4)31(28)16-18-34(29,30)5/h11,24-25,27-31,36H,8-10,12-23H2,1-7H3/q+1/t25-,27+,28?,29?,30?,31?,33+,34-/m1/s1. The Kier molecular flexibility index (Phi) is 9.84. The van der Waals surface area contributed by atoms with Gasteiger partial charge in [0.2, 0.25) is 0 Å². The van der Waals surface area contributed by atoms with Crippen molar-refractivity contribution in [2.24, 2.45) is 46.3 Å². The molecule has 4 aliphatic carbocycles. The van der Waals surface area contributed by atoms with Gasteiger partial charge in [-0.25, -0.2) is 4.79 Å². The van der Waals surface area contributed by atoms with Crippen LogP contribution in [0.4, 0.5) is 4.79 Å². The molecule has 0 aliphatic heterocycles. The van der Waals surface area contributed by atoms with E-state index in [1.165, 1.54) is 51.4 Å². The number of carbonyl (C=O) groups excluding carboxylic acids is 1. The molecule has 0 heterocycles. The second-order valence-corrected chi connectivity index (χ2v) is 15.5. The zero-order valence-electron chi connectivity index (χ0n) is 26.3. The Hall–Kier alpha value is -1.07. The van der Waals surface area contributed by atoms with E-state index in [1.807, 2.05) is 14.1 Å². The summed E-state index contributed by atoms with van der Waals surface area (Å²) in [6.07, 6.45) is 15.9. The molecule has 4 unspecified atom stereocenters. The topological polar surface area (TPSA) is 55.8 Å². The molecule has 0 aromatic rings. The molecule has 4 aliphatic rings. The molecule has 0 radical (unpaired) electrons. The number of carbonyl (C=O) groups is 1. The van der Waals surface area contributed by atoms with Crippen molar-refractivity contribution in [3.05, 3.63) is 11.6 Å². The molecular formula is C34H60NO4+. The first-order valence-corrected chi connectivity index (χ1v) is 16.4. The number of hydrogen-bond acceptors (Lipinski definition) is 4. The summed E-state index contributed by atoms with van der Waals surface area (Å²) in [5, 5.41) is 9.20. The fourth-order valence-corrected chi connectivity index (χ4v) is 9.68. The monoisotopic (exact) mass is 546 g/mol. The lowest BCUT2D eigenvalue weighted by Gasteiger charge is -2.58. The quantitative estimate of drug-likeness (QED) is 0.165. The van der Waals surface area contributed by atoms with Crippen LogP contribution in [0.25, 0.3) is 0 Å². The van der Waals surface area contributed by atoms with Crippen molar-refractivity contribution in [1.82, 2.24) is 0 Å². The van der Waals surface area contributed by atoms with Crippen LogP contribution in [0.3, 0.4) is 0 Å². The van der Waals surface area contributed by atoms with Crippen LogP contribution in [-0.2, 0) is 9.47 Å². The summed E-state index contributed by atoms with van der Waals surface area (Å²) in [5.41, 5.74) is 2.34. The van der Waals surface area contributed by atoms with Crippen molar-refractivity contribution in [2.45, 2.75) is 111 Å². The van der Waals surface area contributed by atoms with Crippen LogP contribution in [0.15, 0.2) is 11.6 Å². The smallest absolute Gasteiger partial charge is 0.431 e. The van der Waals surface area contributed by atoms with Gasteiger partial charge in [0.1, 0.15) is 25.8 Å². The van der Waals surface area contributed by atoms with E-state index in [2.05, 4.69) is 40.7 Å². The normalized spacial score (nSPS) is 36.9. The number of allylic oxidation sites excluding steroid dienone is 1. The van der Waals surface area contributed by atoms with Crippen LogP contribution in [0.5, 0.6) is 0 Å². The van der Waals surface area contributed by atoms with E-state index >= 15 is 0 Å². The third kappa shape index (κ3) is 6.71. The lowest BCUT2D eigenvalue weighted by atomic mass is 9.47. The van der Waals surface area contributed by atoms with E-state index in [0.717, 1.165) is 54.8 Å². The van der Waals surface area contributed by atoms with E-state index in [1.54, 1.807) is 5.57 Å². The average Bonchev–Trinajstić information content (AvgIpc) is 3.21. The molecule has 39 heavy (non-hydrogen) atoms. The summed E-state index contributed by atoms with van der Waals surface area (Å²) in [6, 6.07) is 0. The van der Waals surface area contributed by atoms with E-state index < -0.39 is 6.16 Å². The van der Waals surface area contributed by atoms with Gasteiger partial charge in [-0.15, -0.1) is 0 Å². The first-order valence-electron chi connectivity index (χ1n) is 16.4. The van der Waals surface area contributed by atoms with Crippen molar-refractivity contribution in [2.75, 3.05) is 40.4 Å². The number of aliphatic hydroxyl groups excluding tert-OH is 1. The number of nitrogens with zero attached hydrogens (tertiary/aromatic N) is 1. The summed E-state index contributed by atoms with van der Waals surface area (Å²) in [7, 11) is 4.06. The zero-order chi connectivity index (χ0) is 28.4. The third-order valence-electron chi connectivity index (χ3n) is 12.1. The Balaban J connectivity index is 1.33. The lowest BCUT2D eigenvalue weighted by molar-refractivity contribution is -0.890. The number of aliphatic hydroxyl groups is 1. The Morgan fingerprint density at radius 1 is 1.05 bits per heavy atom. The molecule has 0 saturated heterocycles. The molecule has 8 atom stereocenters. The van der Waals surface area contributed by atoms with Gasteiger partial charge in [-0.3, -0.25) is 0 Å². The van der Waals surface area contributed by atoms with Crippen LogP contribution in [0.2, 0.25) is 0 Å². The van der Waals surface area contributed by atoms with Gasteiger partial charge < -0.3 is 19.1 Å². The van der Waals surface area contributed by atoms with Gasteiger partial charge in [0.05, 0.1) is 20.7 Å². The number of likely N-dealkylation sites (N-methyl/N-ethyl adjacent to an activating group) is 1. The SMILES string of the molecule is CC(C)CCC[C@@H](C)C1CCC2C3CC=C4C[C@@H](OC(=O)OCC[N+](C)(C)CCO)CC[C@]4(C)C3CC[C@@]21C. The Morgan fingerprint density at radius 2 is 1.82 bits per heavy atom. The Bertz CT molecular complexity index is 867. The van der Waals surface area contributed by atoms with Gasteiger partial charge in [-0.05, 0) is 91.3 Å². The highest BCUT2D eigenvalue weighted by atomic mass is 16.7. The summed E-state index contributed by atoms with van der Waals surface area (Å²) >= 11 is 0. The highest BCUT2D eigenvalue weighted by Crippen LogP contribution is 2.67. The molecule has 224 valence electrons. The van der Waals surface area contributed by atoms with Crippen molar-refractivity contribution < 1.29 is 23.9 Å². The lowest BCUT2D eigenvalue weighted by Crippen LogP contribution is -2.51. The molecule has 0 bridgehead atoms. The number of fused-ring (bicyclic) bond motifs is 5. The maximum absolute atomic E-state index is 12.4. The summed E-state index contributed by atoms with van der Waals surface area (Å²) < 4.78 is 11.9.